The van der Waals surface area contributed by atoms with Crippen LogP contribution in [0.3, 0.4) is 0 Å². The fraction of sp³-hybridized carbons (Fsp3) is 0. The van der Waals surface area contributed by atoms with Crippen molar-refractivity contribution in [1.82, 2.24) is 23.9 Å². The lowest BCUT2D eigenvalue weighted by atomic mass is 10.0. The largest absolute Gasteiger partial charge is 0.308 e. The number of benzene rings is 3. The monoisotopic (exact) mass is 435 g/mol. The molecule has 0 N–H and O–H groups in total. The average Bonchev–Trinajstić information content (AvgIpc) is 3.45. The fourth-order valence-corrected chi connectivity index (χ4v) is 5.45. The first-order valence-electron chi connectivity index (χ1n) is 11.3. The highest BCUT2D eigenvalue weighted by Gasteiger charge is 2.21. The first-order valence-corrected chi connectivity index (χ1v) is 11.3. The molecule has 0 aliphatic carbocycles. The zero-order valence-corrected chi connectivity index (χ0v) is 18.1. The Morgan fingerprint density at radius 1 is 0.588 bits per heavy atom. The zero-order chi connectivity index (χ0) is 22.2. The number of pyridine rings is 3. The summed E-state index contributed by atoms with van der Waals surface area (Å²) in [6, 6.07) is 29.7. The quantitative estimate of drug-likeness (QED) is 0.270. The summed E-state index contributed by atoms with van der Waals surface area (Å²) in [4.78, 5) is 14.2. The molecule has 0 amide bonds. The number of para-hydroxylation sites is 2. The van der Waals surface area contributed by atoms with Crippen molar-refractivity contribution in [1.29, 1.82) is 0 Å². The molecule has 5 heterocycles. The Labute approximate surface area is 193 Å². The van der Waals surface area contributed by atoms with Gasteiger partial charge in [-0.2, -0.15) is 0 Å². The first kappa shape index (κ1) is 17.7. The second kappa shape index (κ2) is 6.39. The highest BCUT2D eigenvalue weighted by atomic mass is 15.1. The number of hydrogen-bond donors (Lipinski definition) is 0. The van der Waals surface area contributed by atoms with Crippen molar-refractivity contribution >= 4 is 60.3 Å². The minimum absolute atomic E-state index is 0.844. The second-order valence-electron chi connectivity index (χ2n) is 8.58. The topological polar surface area (TPSA) is 48.0 Å². The number of aromatic nitrogens is 5. The summed E-state index contributed by atoms with van der Waals surface area (Å²) in [5.41, 5.74) is 7.09. The smallest absolute Gasteiger partial charge is 0.165 e. The summed E-state index contributed by atoms with van der Waals surface area (Å²) in [5.74, 6) is 0. The lowest BCUT2D eigenvalue weighted by Gasteiger charge is -2.12. The third kappa shape index (κ3) is 2.16. The summed E-state index contributed by atoms with van der Waals surface area (Å²) in [6.07, 6.45) is 5.59. The van der Waals surface area contributed by atoms with Crippen LogP contribution in [0.5, 0.6) is 0 Å². The molecule has 8 rings (SSSR count). The van der Waals surface area contributed by atoms with Gasteiger partial charge in [0.15, 0.2) is 5.65 Å². The van der Waals surface area contributed by atoms with E-state index < -0.39 is 0 Å². The van der Waals surface area contributed by atoms with Gasteiger partial charge in [-0.1, -0.05) is 48.5 Å². The number of rotatable bonds is 1. The molecule has 158 valence electrons. The van der Waals surface area contributed by atoms with E-state index in [4.69, 9.17) is 9.97 Å². The van der Waals surface area contributed by atoms with Gasteiger partial charge in [0.25, 0.3) is 0 Å². The van der Waals surface area contributed by atoms with E-state index in [-0.39, 0.29) is 0 Å². The van der Waals surface area contributed by atoms with Crippen LogP contribution in [0.4, 0.5) is 0 Å². The normalized spacial score (nSPS) is 12.1. The SMILES string of the molecule is c1ccc(-n2c3ccccc3c3ccc4c5ccncc5n5c6ncccc6nc5c4c32)cc1. The highest BCUT2D eigenvalue weighted by Crippen LogP contribution is 2.40. The molecule has 0 radical (unpaired) electrons. The lowest BCUT2D eigenvalue weighted by molar-refractivity contribution is 1.18. The molecule has 5 heteroatoms. The van der Waals surface area contributed by atoms with Crippen molar-refractivity contribution in [2.24, 2.45) is 0 Å². The van der Waals surface area contributed by atoms with Gasteiger partial charge < -0.3 is 4.57 Å². The maximum absolute atomic E-state index is 5.11. The van der Waals surface area contributed by atoms with Crippen LogP contribution in [-0.4, -0.2) is 23.9 Å². The van der Waals surface area contributed by atoms with Gasteiger partial charge in [0, 0.05) is 34.2 Å². The predicted molar refractivity (Wildman–Crippen MR) is 138 cm³/mol. The van der Waals surface area contributed by atoms with Gasteiger partial charge in [0.1, 0.15) is 11.2 Å². The zero-order valence-electron chi connectivity index (χ0n) is 18.1. The predicted octanol–water partition coefficient (Wildman–Crippen LogP) is 6.68. The Kier molecular flexibility index (Phi) is 3.34. The molecule has 0 aliphatic rings. The van der Waals surface area contributed by atoms with E-state index in [9.17, 15) is 0 Å². The second-order valence-corrected chi connectivity index (χ2v) is 8.58. The van der Waals surface area contributed by atoms with E-state index in [2.05, 4.69) is 86.7 Å². The lowest BCUT2D eigenvalue weighted by Crippen LogP contribution is -1.97. The molecule has 0 unspecified atom stereocenters. The molecule has 0 spiro atoms. The molecule has 0 saturated heterocycles. The molecule has 0 saturated carbocycles. The molecule has 0 fully saturated rings. The molecule has 8 aromatic rings. The fourth-order valence-electron chi connectivity index (χ4n) is 5.45. The number of hydrogen-bond acceptors (Lipinski definition) is 3. The molecule has 0 bridgehead atoms. The molecular formula is C29H17N5. The van der Waals surface area contributed by atoms with Crippen LogP contribution in [0.2, 0.25) is 0 Å². The van der Waals surface area contributed by atoms with Crippen LogP contribution < -0.4 is 0 Å². The van der Waals surface area contributed by atoms with Gasteiger partial charge in [-0.15, -0.1) is 0 Å². The minimum Gasteiger partial charge on any atom is -0.308 e. The minimum atomic E-state index is 0.844. The number of nitrogens with zero attached hydrogens (tertiary/aromatic N) is 5. The van der Waals surface area contributed by atoms with Crippen molar-refractivity contribution in [3.8, 4) is 5.69 Å². The van der Waals surface area contributed by atoms with Gasteiger partial charge in [0.05, 0.1) is 28.1 Å². The van der Waals surface area contributed by atoms with E-state index in [1.165, 1.54) is 16.3 Å². The number of fused-ring (bicyclic) bond motifs is 12. The van der Waals surface area contributed by atoms with E-state index in [0.717, 1.165) is 49.7 Å². The van der Waals surface area contributed by atoms with Crippen LogP contribution in [0.1, 0.15) is 0 Å². The Balaban J connectivity index is 1.76. The van der Waals surface area contributed by atoms with Gasteiger partial charge >= 0.3 is 0 Å². The number of imidazole rings is 1. The molecule has 0 atom stereocenters. The summed E-state index contributed by atoms with van der Waals surface area (Å²) < 4.78 is 4.53. The van der Waals surface area contributed by atoms with Crippen molar-refractivity contribution in [3.05, 3.63) is 104 Å². The van der Waals surface area contributed by atoms with Crippen molar-refractivity contribution in [2.45, 2.75) is 0 Å². The molecule has 3 aromatic carbocycles. The highest BCUT2D eigenvalue weighted by molar-refractivity contribution is 6.27. The average molecular weight is 435 g/mol. The van der Waals surface area contributed by atoms with Crippen LogP contribution in [-0.2, 0) is 0 Å². The Bertz CT molecular complexity index is 2070. The summed E-state index contributed by atoms with van der Waals surface area (Å²) in [6.45, 7) is 0. The van der Waals surface area contributed by atoms with Crippen LogP contribution in [0.15, 0.2) is 104 Å². The van der Waals surface area contributed by atoms with Crippen LogP contribution >= 0.6 is 0 Å². The van der Waals surface area contributed by atoms with Crippen molar-refractivity contribution in [2.75, 3.05) is 0 Å². The van der Waals surface area contributed by atoms with E-state index in [1.54, 1.807) is 0 Å². The van der Waals surface area contributed by atoms with E-state index >= 15 is 0 Å². The van der Waals surface area contributed by atoms with E-state index in [0.29, 0.717) is 0 Å². The molecule has 5 nitrogen and oxygen atoms in total. The third-order valence-corrected chi connectivity index (χ3v) is 6.82. The Morgan fingerprint density at radius 3 is 2.35 bits per heavy atom. The molecule has 34 heavy (non-hydrogen) atoms. The maximum atomic E-state index is 5.11. The molecule has 5 aromatic heterocycles. The van der Waals surface area contributed by atoms with Crippen LogP contribution in [0, 0.1) is 0 Å². The standard InChI is InChI=1S/C29H17N5/c1-2-7-18(8-3-1)33-24-11-5-4-9-19(24)22-13-12-21-20-14-16-30-17-25(20)34-28-23(10-6-15-31-28)32-29(34)26(21)27(22)33/h1-17H. The summed E-state index contributed by atoms with van der Waals surface area (Å²) >= 11 is 0. The first-order chi connectivity index (χ1) is 16.9. The maximum Gasteiger partial charge on any atom is 0.165 e. The summed E-state index contributed by atoms with van der Waals surface area (Å²) in [7, 11) is 0. The Hall–Kier alpha value is -4.77. The summed E-state index contributed by atoms with van der Waals surface area (Å²) in [5, 5.41) is 5.85. The van der Waals surface area contributed by atoms with Crippen molar-refractivity contribution < 1.29 is 0 Å². The molecule has 0 aliphatic heterocycles. The van der Waals surface area contributed by atoms with E-state index in [1.807, 2.05) is 30.7 Å². The van der Waals surface area contributed by atoms with Gasteiger partial charge in [-0.05, 0) is 41.8 Å². The van der Waals surface area contributed by atoms with Crippen molar-refractivity contribution in [3.63, 3.8) is 0 Å². The Morgan fingerprint density at radius 2 is 1.41 bits per heavy atom. The van der Waals surface area contributed by atoms with Gasteiger partial charge in [0.2, 0.25) is 0 Å². The molecular weight excluding hydrogens is 418 g/mol. The van der Waals surface area contributed by atoms with Crippen LogP contribution in [0.25, 0.3) is 66.0 Å². The third-order valence-electron chi connectivity index (χ3n) is 6.82. The van der Waals surface area contributed by atoms with Gasteiger partial charge in [-0.3, -0.25) is 9.38 Å². The van der Waals surface area contributed by atoms with Gasteiger partial charge in [-0.25, -0.2) is 9.97 Å².